The number of nitrogens with one attached hydrogen (secondary N) is 2. The second-order valence-corrected chi connectivity index (χ2v) is 5.23. The van der Waals surface area contributed by atoms with Crippen LogP contribution in [0.2, 0.25) is 0 Å². The van der Waals surface area contributed by atoms with Gasteiger partial charge in [-0.15, -0.1) is 0 Å². The molecule has 1 aliphatic rings. The lowest BCUT2D eigenvalue weighted by Gasteiger charge is -2.22. The molecule has 0 bridgehead atoms. The Bertz CT molecular complexity index is 516. The fourth-order valence-corrected chi connectivity index (χ4v) is 2.45. The molecule has 1 aromatic rings. The summed E-state index contributed by atoms with van der Waals surface area (Å²) in [6.45, 7) is 4.26. The number of carboxylic acid groups (broad SMARTS) is 1. The van der Waals surface area contributed by atoms with E-state index in [-0.39, 0.29) is 17.7 Å². The van der Waals surface area contributed by atoms with E-state index in [0.29, 0.717) is 13.0 Å². The van der Waals surface area contributed by atoms with Crippen LogP contribution < -0.4 is 10.6 Å². The van der Waals surface area contributed by atoms with Crippen molar-refractivity contribution in [3.63, 3.8) is 0 Å². The molecule has 0 aliphatic carbocycles. The summed E-state index contributed by atoms with van der Waals surface area (Å²) in [5, 5.41) is 15.1. The van der Waals surface area contributed by atoms with Gasteiger partial charge in [0, 0.05) is 12.2 Å². The second-order valence-electron chi connectivity index (χ2n) is 5.23. The topological polar surface area (TPSA) is 78.4 Å². The van der Waals surface area contributed by atoms with Crippen molar-refractivity contribution in [3.8, 4) is 0 Å². The number of amides is 1. The molecule has 5 nitrogen and oxygen atoms in total. The highest BCUT2D eigenvalue weighted by Crippen LogP contribution is 2.31. The first kappa shape index (κ1) is 14.4. The van der Waals surface area contributed by atoms with Crippen molar-refractivity contribution in [2.24, 2.45) is 5.92 Å². The molecule has 3 atom stereocenters. The predicted molar refractivity (Wildman–Crippen MR) is 76.7 cm³/mol. The number of hydrogen-bond donors (Lipinski definition) is 3. The minimum absolute atomic E-state index is 0.0962. The van der Waals surface area contributed by atoms with E-state index in [1.54, 1.807) is 0 Å². The average molecular weight is 276 g/mol. The lowest BCUT2D eigenvalue weighted by atomic mass is 9.96. The molecule has 3 N–H and O–H groups in total. The number of fused-ring (bicyclic) bond motifs is 1. The first-order valence-corrected chi connectivity index (χ1v) is 6.90. The van der Waals surface area contributed by atoms with Crippen LogP contribution in [-0.4, -0.2) is 29.6 Å². The normalized spacial score (nSPS) is 19.6. The molecular weight excluding hydrogens is 256 g/mol. The third kappa shape index (κ3) is 2.76. The van der Waals surface area contributed by atoms with Crippen LogP contribution in [0.3, 0.4) is 0 Å². The molecule has 0 fully saturated rings. The summed E-state index contributed by atoms with van der Waals surface area (Å²) in [4.78, 5) is 23.6. The number of para-hydroxylation sites is 1. The Kier molecular flexibility index (Phi) is 4.27. The lowest BCUT2D eigenvalue weighted by molar-refractivity contribution is -0.143. The van der Waals surface area contributed by atoms with E-state index in [1.807, 2.05) is 38.1 Å². The zero-order valence-electron chi connectivity index (χ0n) is 11.7. The molecule has 3 unspecified atom stereocenters. The molecule has 0 spiro atoms. The van der Waals surface area contributed by atoms with Gasteiger partial charge in [-0.2, -0.15) is 0 Å². The second kappa shape index (κ2) is 5.94. The molecule has 0 saturated carbocycles. The molecule has 20 heavy (non-hydrogen) atoms. The van der Waals surface area contributed by atoms with E-state index in [4.69, 9.17) is 0 Å². The van der Waals surface area contributed by atoms with Crippen LogP contribution in [0.5, 0.6) is 0 Å². The van der Waals surface area contributed by atoms with E-state index in [9.17, 15) is 14.7 Å². The molecule has 0 saturated heterocycles. The third-order valence-electron chi connectivity index (χ3n) is 3.93. The summed E-state index contributed by atoms with van der Waals surface area (Å²) < 4.78 is 0. The van der Waals surface area contributed by atoms with Crippen LogP contribution in [0.4, 0.5) is 5.69 Å². The third-order valence-corrected chi connectivity index (χ3v) is 3.93. The molecule has 0 radical (unpaired) electrons. The van der Waals surface area contributed by atoms with Crippen LogP contribution in [0, 0.1) is 5.92 Å². The molecular formula is C15H20N2O3. The Labute approximate surface area is 118 Å². The van der Waals surface area contributed by atoms with Crippen molar-refractivity contribution < 1.29 is 14.7 Å². The van der Waals surface area contributed by atoms with Crippen LogP contribution in [0.25, 0.3) is 0 Å². The summed E-state index contributed by atoms with van der Waals surface area (Å²) in [7, 11) is 0. The first-order chi connectivity index (χ1) is 9.54. The van der Waals surface area contributed by atoms with Crippen molar-refractivity contribution in [2.45, 2.75) is 32.2 Å². The minimum atomic E-state index is -0.980. The molecule has 1 aliphatic heterocycles. The number of benzene rings is 1. The Hall–Kier alpha value is -2.04. The van der Waals surface area contributed by atoms with Gasteiger partial charge < -0.3 is 15.7 Å². The largest absolute Gasteiger partial charge is 0.480 e. The van der Waals surface area contributed by atoms with Crippen LogP contribution in [-0.2, 0) is 9.59 Å². The highest BCUT2D eigenvalue weighted by molar-refractivity contribution is 5.91. The summed E-state index contributed by atoms with van der Waals surface area (Å²) in [6, 6.07) is 6.78. The number of anilines is 1. The van der Waals surface area contributed by atoms with E-state index in [2.05, 4.69) is 10.6 Å². The molecule has 1 aromatic carbocycles. The van der Waals surface area contributed by atoms with Gasteiger partial charge in [0.2, 0.25) is 5.91 Å². The van der Waals surface area contributed by atoms with Gasteiger partial charge >= 0.3 is 5.97 Å². The van der Waals surface area contributed by atoms with Crippen molar-refractivity contribution in [1.29, 1.82) is 0 Å². The Morgan fingerprint density at radius 2 is 2.15 bits per heavy atom. The summed E-state index contributed by atoms with van der Waals surface area (Å²) >= 11 is 0. The fourth-order valence-electron chi connectivity index (χ4n) is 2.45. The van der Waals surface area contributed by atoms with Gasteiger partial charge in [0.25, 0.3) is 0 Å². The maximum atomic E-state index is 12.3. The smallest absolute Gasteiger partial charge is 0.326 e. The molecule has 2 rings (SSSR count). The van der Waals surface area contributed by atoms with E-state index >= 15 is 0 Å². The van der Waals surface area contributed by atoms with Crippen molar-refractivity contribution in [3.05, 3.63) is 29.8 Å². The molecule has 1 amide bonds. The maximum absolute atomic E-state index is 12.3. The van der Waals surface area contributed by atoms with Gasteiger partial charge in [-0.3, -0.25) is 4.79 Å². The van der Waals surface area contributed by atoms with Gasteiger partial charge in [0.15, 0.2) is 0 Å². The van der Waals surface area contributed by atoms with Crippen LogP contribution in [0.15, 0.2) is 24.3 Å². The average Bonchev–Trinajstić information content (AvgIpc) is 2.87. The molecule has 5 heteroatoms. The zero-order chi connectivity index (χ0) is 14.7. The Morgan fingerprint density at radius 1 is 1.45 bits per heavy atom. The van der Waals surface area contributed by atoms with Crippen molar-refractivity contribution in [1.82, 2.24) is 5.32 Å². The maximum Gasteiger partial charge on any atom is 0.326 e. The van der Waals surface area contributed by atoms with Crippen LogP contribution >= 0.6 is 0 Å². The monoisotopic (exact) mass is 276 g/mol. The number of aliphatic carboxylic acids is 1. The van der Waals surface area contributed by atoms with Gasteiger partial charge in [0.05, 0.1) is 5.92 Å². The standard InChI is InChI=1S/C15H20N2O3/c1-3-9(2)13(15(19)20)17-14(18)11-8-16-12-7-5-4-6-10(11)12/h4-7,9,11,13,16H,3,8H2,1-2H3,(H,17,18)(H,19,20). The number of carbonyl (C=O) groups is 2. The molecule has 0 aromatic heterocycles. The lowest BCUT2D eigenvalue weighted by Crippen LogP contribution is -2.47. The quantitative estimate of drug-likeness (QED) is 0.766. The summed E-state index contributed by atoms with van der Waals surface area (Å²) in [5.74, 6) is -1.62. The zero-order valence-corrected chi connectivity index (χ0v) is 11.7. The van der Waals surface area contributed by atoms with Crippen molar-refractivity contribution >= 4 is 17.6 Å². The van der Waals surface area contributed by atoms with Gasteiger partial charge in [0.1, 0.15) is 6.04 Å². The fraction of sp³-hybridized carbons (Fsp3) is 0.467. The summed E-state index contributed by atoms with van der Waals surface area (Å²) in [6.07, 6.45) is 0.705. The Balaban J connectivity index is 2.11. The number of hydrogen-bond acceptors (Lipinski definition) is 3. The Morgan fingerprint density at radius 3 is 2.80 bits per heavy atom. The van der Waals surface area contributed by atoms with Gasteiger partial charge in [-0.25, -0.2) is 4.79 Å². The molecule has 1 heterocycles. The number of carbonyl (C=O) groups excluding carboxylic acids is 1. The van der Waals surface area contributed by atoms with E-state index < -0.39 is 12.0 Å². The van der Waals surface area contributed by atoms with Gasteiger partial charge in [-0.05, 0) is 17.5 Å². The minimum Gasteiger partial charge on any atom is -0.480 e. The highest BCUT2D eigenvalue weighted by Gasteiger charge is 2.32. The molecule has 108 valence electrons. The van der Waals surface area contributed by atoms with Crippen molar-refractivity contribution in [2.75, 3.05) is 11.9 Å². The van der Waals surface area contributed by atoms with Crippen LogP contribution in [0.1, 0.15) is 31.7 Å². The summed E-state index contributed by atoms with van der Waals surface area (Å²) in [5.41, 5.74) is 1.88. The van der Waals surface area contributed by atoms with E-state index in [1.165, 1.54) is 0 Å². The van der Waals surface area contributed by atoms with E-state index in [0.717, 1.165) is 11.3 Å². The van der Waals surface area contributed by atoms with Gasteiger partial charge in [-0.1, -0.05) is 38.5 Å². The number of carboxylic acids is 1. The predicted octanol–water partition coefficient (Wildman–Crippen LogP) is 1.81. The SMILES string of the molecule is CCC(C)C(NC(=O)C1CNc2ccccc21)C(=O)O. The first-order valence-electron chi connectivity index (χ1n) is 6.90. The number of rotatable bonds is 5. The highest BCUT2D eigenvalue weighted by atomic mass is 16.4.